The Morgan fingerprint density at radius 2 is 1.75 bits per heavy atom. The van der Waals surface area contributed by atoms with Gasteiger partial charge in [-0.3, -0.25) is 0 Å². The number of nitrogens with two attached hydrogens (primary N) is 1. The second-order valence-electron chi connectivity index (χ2n) is 4.54. The molecule has 0 saturated carbocycles. The van der Waals surface area contributed by atoms with Crippen molar-refractivity contribution in [1.29, 1.82) is 0 Å². The van der Waals surface area contributed by atoms with Crippen LogP contribution in [0.1, 0.15) is 11.1 Å². The van der Waals surface area contributed by atoms with E-state index in [0.717, 1.165) is 5.56 Å². The third-order valence-electron chi connectivity index (χ3n) is 2.85. The molecule has 0 unspecified atom stereocenters. The summed E-state index contributed by atoms with van der Waals surface area (Å²) in [5.74, 6) is -0.199. The van der Waals surface area contributed by atoms with Gasteiger partial charge >= 0.3 is 0 Å². The quantitative estimate of drug-likeness (QED) is 0.870. The summed E-state index contributed by atoms with van der Waals surface area (Å²) in [7, 11) is -3.57. The van der Waals surface area contributed by atoms with Crippen molar-refractivity contribution in [2.45, 2.75) is 17.6 Å². The van der Waals surface area contributed by atoms with Crippen LogP contribution in [-0.2, 0) is 15.6 Å². The summed E-state index contributed by atoms with van der Waals surface area (Å²) in [4.78, 5) is 0.0602. The van der Waals surface area contributed by atoms with E-state index in [2.05, 4.69) is 0 Å². The Kier molecular flexibility index (Phi) is 4.28. The van der Waals surface area contributed by atoms with Gasteiger partial charge in [0, 0.05) is 10.7 Å². The first-order valence-electron chi connectivity index (χ1n) is 5.82. The highest BCUT2D eigenvalue weighted by Gasteiger charge is 2.20. The highest BCUT2D eigenvalue weighted by Crippen LogP contribution is 2.28. The zero-order valence-electron chi connectivity index (χ0n) is 10.7. The van der Waals surface area contributed by atoms with E-state index < -0.39 is 9.84 Å². The average Bonchev–Trinajstić information content (AvgIpc) is 2.32. The van der Waals surface area contributed by atoms with E-state index in [4.69, 9.17) is 28.9 Å². The monoisotopic (exact) mass is 329 g/mol. The van der Waals surface area contributed by atoms with Crippen molar-refractivity contribution < 1.29 is 8.42 Å². The molecule has 0 heterocycles. The SMILES string of the molecule is Cc1ccc(CS(=O)(=O)c2ccc(N)cc2Cl)c(Cl)c1. The number of anilines is 1. The maximum atomic E-state index is 12.4. The van der Waals surface area contributed by atoms with Crippen molar-refractivity contribution in [2.75, 3.05) is 5.73 Å². The van der Waals surface area contributed by atoms with E-state index in [1.165, 1.54) is 18.2 Å². The molecule has 3 nitrogen and oxygen atoms in total. The first kappa shape index (κ1) is 15.2. The molecule has 2 N–H and O–H groups in total. The Morgan fingerprint density at radius 3 is 2.35 bits per heavy atom. The summed E-state index contributed by atoms with van der Waals surface area (Å²) in [5, 5.41) is 0.549. The van der Waals surface area contributed by atoms with E-state index in [9.17, 15) is 8.42 Å². The van der Waals surface area contributed by atoms with Crippen LogP contribution in [0.15, 0.2) is 41.3 Å². The Bertz CT molecular complexity index is 758. The minimum absolute atomic E-state index is 0.0602. The molecule has 0 aliphatic heterocycles. The van der Waals surface area contributed by atoms with Gasteiger partial charge in [0.15, 0.2) is 9.84 Å². The first-order valence-corrected chi connectivity index (χ1v) is 8.23. The number of rotatable bonds is 3. The van der Waals surface area contributed by atoms with Crippen LogP contribution < -0.4 is 5.73 Å². The number of hydrogen-bond acceptors (Lipinski definition) is 3. The molecule has 0 amide bonds. The third-order valence-corrected chi connectivity index (χ3v) is 5.34. The van der Waals surface area contributed by atoms with Gasteiger partial charge in [0.05, 0.1) is 15.7 Å². The Hall–Kier alpha value is -1.23. The number of nitrogen functional groups attached to an aromatic ring is 1. The minimum atomic E-state index is -3.57. The van der Waals surface area contributed by atoms with Crippen LogP contribution in [0.2, 0.25) is 10.0 Å². The molecule has 2 rings (SSSR count). The highest BCUT2D eigenvalue weighted by atomic mass is 35.5. The summed E-state index contributed by atoms with van der Waals surface area (Å²) in [6.07, 6.45) is 0. The molecular formula is C14H13Cl2NO2S. The Morgan fingerprint density at radius 1 is 1.05 bits per heavy atom. The van der Waals surface area contributed by atoms with Crippen LogP contribution in [-0.4, -0.2) is 8.42 Å². The average molecular weight is 330 g/mol. The lowest BCUT2D eigenvalue weighted by molar-refractivity contribution is 0.595. The number of benzene rings is 2. The van der Waals surface area contributed by atoms with Gasteiger partial charge in [0.25, 0.3) is 0 Å². The summed E-state index contributed by atoms with van der Waals surface area (Å²) in [6.45, 7) is 1.89. The molecule has 2 aromatic rings. The van der Waals surface area contributed by atoms with Gasteiger partial charge in [0.1, 0.15) is 0 Å². The molecule has 0 bridgehead atoms. The third kappa shape index (κ3) is 3.26. The molecule has 0 aliphatic carbocycles. The molecule has 0 saturated heterocycles. The van der Waals surface area contributed by atoms with Crippen LogP contribution in [0, 0.1) is 6.92 Å². The smallest absolute Gasteiger partial charge is 0.184 e. The molecule has 20 heavy (non-hydrogen) atoms. The van der Waals surface area contributed by atoms with Crippen molar-refractivity contribution in [3.63, 3.8) is 0 Å². The topological polar surface area (TPSA) is 60.2 Å². The highest BCUT2D eigenvalue weighted by molar-refractivity contribution is 7.90. The Balaban J connectivity index is 2.41. The standard InChI is InChI=1S/C14H13Cl2NO2S/c1-9-2-3-10(12(15)6-9)8-20(18,19)14-5-4-11(17)7-13(14)16/h2-7H,8,17H2,1H3. The summed E-state index contributed by atoms with van der Waals surface area (Å²) >= 11 is 12.0. The minimum Gasteiger partial charge on any atom is -0.399 e. The van der Waals surface area contributed by atoms with E-state index >= 15 is 0 Å². The maximum Gasteiger partial charge on any atom is 0.184 e. The molecule has 0 spiro atoms. The molecule has 0 aliphatic rings. The van der Waals surface area contributed by atoms with Gasteiger partial charge in [-0.1, -0.05) is 35.3 Å². The second-order valence-corrected chi connectivity index (χ2v) is 7.32. The fourth-order valence-electron chi connectivity index (χ4n) is 1.82. The van der Waals surface area contributed by atoms with Gasteiger partial charge in [-0.15, -0.1) is 0 Å². The van der Waals surface area contributed by atoms with Crippen molar-refractivity contribution in [3.8, 4) is 0 Å². The second kappa shape index (κ2) is 5.64. The molecular weight excluding hydrogens is 317 g/mol. The van der Waals surface area contributed by atoms with Crippen LogP contribution in [0.4, 0.5) is 5.69 Å². The van der Waals surface area contributed by atoms with Gasteiger partial charge in [0.2, 0.25) is 0 Å². The number of sulfone groups is 1. The molecule has 0 atom stereocenters. The number of aryl methyl sites for hydroxylation is 1. The van der Waals surface area contributed by atoms with E-state index in [-0.39, 0.29) is 15.7 Å². The van der Waals surface area contributed by atoms with Crippen molar-refractivity contribution >= 4 is 38.7 Å². The van der Waals surface area contributed by atoms with Gasteiger partial charge < -0.3 is 5.73 Å². The molecule has 0 fully saturated rings. The van der Waals surface area contributed by atoms with Gasteiger partial charge in [-0.05, 0) is 42.3 Å². The van der Waals surface area contributed by atoms with Crippen LogP contribution in [0.3, 0.4) is 0 Å². The summed E-state index contributed by atoms with van der Waals surface area (Å²) in [6, 6.07) is 9.61. The zero-order chi connectivity index (χ0) is 14.9. The molecule has 0 aromatic heterocycles. The van der Waals surface area contributed by atoms with Crippen molar-refractivity contribution in [2.24, 2.45) is 0 Å². The molecule has 0 radical (unpaired) electrons. The number of hydrogen-bond donors (Lipinski definition) is 1. The molecule has 6 heteroatoms. The normalized spacial score (nSPS) is 11.6. The fraction of sp³-hybridized carbons (Fsp3) is 0.143. The number of halogens is 2. The predicted molar refractivity (Wildman–Crippen MR) is 82.9 cm³/mol. The first-order chi connectivity index (χ1) is 9.29. The largest absolute Gasteiger partial charge is 0.399 e. The molecule has 2 aromatic carbocycles. The van der Waals surface area contributed by atoms with Gasteiger partial charge in [-0.2, -0.15) is 0 Å². The lowest BCUT2D eigenvalue weighted by atomic mass is 10.2. The van der Waals surface area contributed by atoms with Crippen molar-refractivity contribution in [3.05, 3.63) is 57.6 Å². The van der Waals surface area contributed by atoms with E-state index in [1.54, 1.807) is 12.1 Å². The van der Waals surface area contributed by atoms with Crippen LogP contribution >= 0.6 is 23.2 Å². The lowest BCUT2D eigenvalue weighted by Gasteiger charge is -2.09. The maximum absolute atomic E-state index is 12.4. The predicted octanol–water partition coefficient (Wildman–Crippen LogP) is 3.86. The lowest BCUT2D eigenvalue weighted by Crippen LogP contribution is -2.06. The van der Waals surface area contributed by atoms with Crippen LogP contribution in [0.5, 0.6) is 0 Å². The Labute approximate surface area is 128 Å². The zero-order valence-corrected chi connectivity index (χ0v) is 13.1. The summed E-state index contributed by atoms with van der Waals surface area (Å²) < 4.78 is 24.8. The van der Waals surface area contributed by atoms with Gasteiger partial charge in [-0.25, -0.2) is 8.42 Å². The van der Waals surface area contributed by atoms with Crippen molar-refractivity contribution in [1.82, 2.24) is 0 Å². The van der Waals surface area contributed by atoms with E-state index in [1.807, 2.05) is 13.0 Å². The van der Waals surface area contributed by atoms with E-state index in [0.29, 0.717) is 16.3 Å². The van der Waals surface area contributed by atoms with Crippen LogP contribution in [0.25, 0.3) is 0 Å². The molecule has 106 valence electrons. The fourth-order valence-corrected chi connectivity index (χ4v) is 4.19. The summed E-state index contributed by atoms with van der Waals surface area (Å²) in [5.41, 5.74) is 7.50.